The first-order valence-electron chi connectivity index (χ1n) is 12.0. The minimum Gasteiger partial charge on any atom is -0.495 e. The van der Waals surface area contributed by atoms with E-state index in [0.29, 0.717) is 34.2 Å². The highest BCUT2D eigenvalue weighted by molar-refractivity contribution is 7.97. The van der Waals surface area contributed by atoms with E-state index >= 15 is 0 Å². The van der Waals surface area contributed by atoms with Gasteiger partial charge in [-0.05, 0) is 32.6 Å². The lowest BCUT2D eigenvalue weighted by atomic mass is 10.1. The van der Waals surface area contributed by atoms with Crippen molar-refractivity contribution in [3.05, 3.63) is 35.6 Å². The molecule has 0 radical (unpaired) electrons. The number of aromatic nitrogens is 3. The van der Waals surface area contributed by atoms with Gasteiger partial charge in [-0.3, -0.25) is 4.40 Å². The molecule has 0 N–H and O–H groups in total. The van der Waals surface area contributed by atoms with Gasteiger partial charge in [-0.25, -0.2) is 9.29 Å². The Hall–Kier alpha value is -2.20. The lowest BCUT2D eigenvalue weighted by molar-refractivity contribution is 0.281. The Bertz CT molecular complexity index is 1130. The van der Waals surface area contributed by atoms with Crippen LogP contribution in [0.5, 0.6) is 11.5 Å². The van der Waals surface area contributed by atoms with Gasteiger partial charge in [0.2, 0.25) is 5.78 Å². The molecule has 0 saturated carbocycles. The smallest absolute Gasteiger partial charge is 0.236 e. The third-order valence-electron chi connectivity index (χ3n) is 5.77. The van der Waals surface area contributed by atoms with Gasteiger partial charge in [0.15, 0.2) is 0 Å². The van der Waals surface area contributed by atoms with Crippen LogP contribution in [-0.2, 0) is 0 Å². The van der Waals surface area contributed by atoms with E-state index < -0.39 is 0 Å². The van der Waals surface area contributed by atoms with Crippen LogP contribution < -0.4 is 14.4 Å². The number of hydrogen-bond donors (Lipinski definition) is 0. The van der Waals surface area contributed by atoms with Gasteiger partial charge in [-0.15, -0.1) is 0 Å². The Morgan fingerprint density at radius 1 is 1.11 bits per heavy atom. The van der Waals surface area contributed by atoms with Gasteiger partial charge in [0.05, 0.1) is 24.4 Å². The summed E-state index contributed by atoms with van der Waals surface area (Å²) in [6.07, 6.45) is 4.90. The van der Waals surface area contributed by atoms with Crippen LogP contribution in [-0.4, -0.2) is 89.4 Å². The Kier molecular flexibility index (Phi) is 8.64. The van der Waals surface area contributed by atoms with E-state index in [2.05, 4.69) is 48.1 Å². The maximum atomic E-state index is 6.47. The summed E-state index contributed by atoms with van der Waals surface area (Å²) >= 11 is 8.40. The molecule has 10 heteroatoms. The topological polar surface area (TPSA) is 58.4 Å². The number of piperazine rings is 1. The minimum atomic E-state index is 0.519. The molecule has 1 saturated heterocycles. The molecule has 8 nitrogen and oxygen atoms in total. The first-order chi connectivity index (χ1) is 16.8. The number of halogens is 1. The summed E-state index contributed by atoms with van der Waals surface area (Å²) < 4.78 is 16.0. The molecule has 0 aliphatic carbocycles. The van der Waals surface area contributed by atoms with E-state index in [1.54, 1.807) is 7.11 Å². The Balaban J connectivity index is 1.55. The fraction of sp³-hybridized carbons (Fsp3) is 0.520. The monoisotopic (exact) mass is 518 g/mol. The summed E-state index contributed by atoms with van der Waals surface area (Å²) in [4.78, 5) is 14.2. The standard InChI is InChI=1S/C25H35ClN6O2S/c1-18(2)35-32-12-10-30(11-13-32)24-7-9-31-17-21(27-25(31)28-24)19-15-20(26)23(33-5)16-22(19)34-14-6-8-29(3)4/h7,9,15-18H,6,8,10-14H2,1-5H3. The molecule has 0 amide bonds. The maximum Gasteiger partial charge on any atom is 0.236 e. The highest BCUT2D eigenvalue weighted by Crippen LogP contribution is 2.38. The van der Waals surface area contributed by atoms with Crippen LogP contribution in [0.1, 0.15) is 20.3 Å². The van der Waals surface area contributed by atoms with E-state index in [0.717, 1.165) is 56.2 Å². The molecule has 1 aliphatic heterocycles. The first kappa shape index (κ1) is 25.9. The Labute approximate surface area is 217 Å². The van der Waals surface area contributed by atoms with Gasteiger partial charge in [-0.2, -0.15) is 4.98 Å². The molecule has 4 rings (SSSR count). The molecule has 190 valence electrons. The zero-order valence-electron chi connectivity index (χ0n) is 21.2. The van der Waals surface area contributed by atoms with E-state index in [1.807, 2.05) is 40.9 Å². The van der Waals surface area contributed by atoms with E-state index in [4.69, 9.17) is 31.0 Å². The third-order valence-corrected chi connectivity index (χ3v) is 7.15. The van der Waals surface area contributed by atoms with Crippen LogP contribution in [0.3, 0.4) is 0 Å². The molecule has 2 aromatic heterocycles. The van der Waals surface area contributed by atoms with Crippen LogP contribution in [0, 0.1) is 0 Å². The second kappa shape index (κ2) is 11.7. The molecule has 3 aromatic rings. The van der Waals surface area contributed by atoms with Gasteiger partial charge >= 0.3 is 0 Å². The largest absolute Gasteiger partial charge is 0.495 e. The highest BCUT2D eigenvalue weighted by Gasteiger charge is 2.21. The Morgan fingerprint density at radius 3 is 2.57 bits per heavy atom. The number of ether oxygens (including phenoxy) is 2. The van der Waals surface area contributed by atoms with Crippen LogP contribution in [0.2, 0.25) is 5.02 Å². The van der Waals surface area contributed by atoms with Crippen molar-refractivity contribution >= 4 is 35.1 Å². The SMILES string of the molecule is COc1cc(OCCCN(C)C)c(-c2cn3ccc(N4CCN(SC(C)C)CC4)nc3n2)cc1Cl. The fourth-order valence-corrected chi connectivity index (χ4v) is 5.27. The molecule has 0 bridgehead atoms. The average molecular weight is 519 g/mol. The third kappa shape index (κ3) is 6.52. The van der Waals surface area contributed by atoms with Crippen LogP contribution in [0.25, 0.3) is 17.0 Å². The molecule has 0 spiro atoms. The van der Waals surface area contributed by atoms with Gasteiger partial charge in [0, 0.05) is 62.0 Å². The maximum absolute atomic E-state index is 6.47. The van der Waals surface area contributed by atoms with Crippen molar-refractivity contribution in [2.75, 3.05) is 65.4 Å². The lowest BCUT2D eigenvalue weighted by Gasteiger charge is -2.35. The average Bonchev–Trinajstić information content (AvgIpc) is 3.25. The first-order valence-corrected chi connectivity index (χ1v) is 13.2. The lowest BCUT2D eigenvalue weighted by Crippen LogP contribution is -2.44. The number of benzene rings is 1. The quantitative estimate of drug-likeness (QED) is 0.286. The van der Waals surface area contributed by atoms with Crippen molar-refractivity contribution in [1.29, 1.82) is 0 Å². The number of methoxy groups -OCH3 is 1. The summed E-state index contributed by atoms with van der Waals surface area (Å²) in [5.41, 5.74) is 1.59. The van der Waals surface area contributed by atoms with Crippen LogP contribution in [0.4, 0.5) is 5.82 Å². The zero-order chi connectivity index (χ0) is 24.9. The van der Waals surface area contributed by atoms with E-state index in [1.165, 1.54) is 0 Å². The van der Waals surface area contributed by atoms with Crippen LogP contribution in [0.15, 0.2) is 30.6 Å². The van der Waals surface area contributed by atoms with Gasteiger partial charge < -0.3 is 19.3 Å². The molecular formula is C25H35ClN6O2S. The summed E-state index contributed by atoms with van der Waals surface area (Å²) in [7, 11) is 5.72. The fourth-order valence-electron chi connectivity index (χ4n) is 4.06. The molecule has 1 aliphatic rings. The van der Waals surface area contributed by atoms with Gasteiger partial charge in [0.25, 0.3) is 0 Å². The van der Waals surface area contributed by atoms with Gasteiger partial charge in [0.1, 0.15) is 17.3 Å². The van der Waals surface area contributed by atoms with Crippen molar-refractivity contribution in [2.24, 2.45) is 0 Å². The molecule has 0 atom stereocenters. The van der Waals surface area contributed by atoms with Crippen molar-refractivity contribution in [3.63, 3.8) is 0 Å². The molecule has 1 fully saturated rings. The number of anilines is 1. The van der Waals surface area contributed by atoms with Crippen molar-refractivity contribution in [2.45, 2.75) is 25.5 Å². The van der Waals surface area contributed by atoms with Crippen molar-refractivity contribution in [1.82, 2.24) is 23.6 Å². The molecule has 3 heterocycles. The predicted molar refractivity (Wildman–Crippen MR) is 145 cm³/mol. The van der Waals surface area contributed by atoms with E-state index in [-0.39, 0.29) is 0 Å². The summed E-state index contributed by atoms with van der Waals surface area (Å²) in [6.45, 7) is 9.96. The molecule has 1 aromatic carbocycles. The van der Waals surface area contributed by atoms with Crippen LogP contribution >= 0.6 is 23.5 Å². The zero-order valence-corrected chi connectivity index (χ0v) is 22.8. The van der Waals surface area contributed by atoms with Gasteiger partial charge in [-0.1, -0.05) is 37.4 Å². The number of imidazole rings is 1. The minimum absolute atomic E-state index is 0.519. The van der Waals surface area contributed by atoms with Crippen molar-refractivity contribution in [3.8, 4) is 22.8 Å². The molecule has 35 heavy (non-hydrogen) atoms. The second-order valence-electron chi connectivity index (χ2n) is 9.18. The number of rotatable bonds is 10. The highest BCUT2D eigenvalue weighted by atomic mass is 35.5. The number of fused-ring (bicyclic) bond motifs is 1. The summed E-state index contributed by atoms with van der Waals surface area (Å²) in [5, 5.41) is 1.12. The predicted octanol–water partition coefficient (Wildman–Crippen LogP) is 4.57. The molecule has 0 unspecified atom stereocenters. The summed E-state index contributed by atoms with van der Waals surface area (Å²) in [5.74, 6) is 2.89. The number of nitrogens with zero attached hydrogens (tertiary/aromatic N) is 6. The second-order valence-corrected chi connectivity index (χ2v) is 11.3. The molecular weight excluding hydrogens is 484 g/mol. The van der Waals surface area contributed by atoms with Crippen molar-refractivity contribution < 1.29 is 9.47 Å². The van der Waals surface area contributed by atoms with E-state index in [9.17, 15) is 0 Å². The number of hydrogen-bond acceptors (Lipinski definition) is 8. The summed E-state index contributed by atoms with van der Waals surface area (Å²) in [6, 6.07) is 5.75. The Morgan fingerprint density at radius 2 is 1.89 bits per heavy atom. The normalized spacial score (nSPS) is 14.9.